The third-order valence-corrected chi connectivity index (χ3v) is 6.24. The molecule has 1 saturated heterocycles. The zero-order valence-corrected chi connectivity index (χ0v) is 22.6. The number of nitrogens with one attached hydrogen (secondary N) is 2. The number of likely N-dealkylation sites (tertiary alicyclic amines) is 1. The number of guanidine groups is 1. The van der Waals surface area contributed by atoms with Gasteiger partial charge in [0.15, 0.2) is 5.96 Å². The molecule has 0 aromatic rings. The Balaban J connectivity index is 0.00000480. The zero-order valence-electron chi connectivity index (χ0n) is 20.3. The maximum Gasteiger partial charge on any atom is 0.410 e. The van der Waals surface area contributed by atoms with Crippen LogP contribution in [-0.4, -0.2) is 69.0 Å². The number of ether oxygens (including phenoxy) is 2. The van der Waals surface area contributed by atoms with Crippen molar-refractivity contribution >= 4 is 36.0 Å². The van der Waals surface area contributed by atoms with Gasteiger partial charge in [-0.3, -0.25) is 4.99 Å². The van der Waals surface area contributed by atoms with Crippen LogP contribution in [-0.2, 0) is 9.47 Å². The Morgan fingerprint density at radius 2 is 1.81 bits per heavy atom. The van der Waals surface area contributed by atoms with E-state index in [1.165, 1.54) is 25.7 Å². The number of rotatable bonds is 8. The molecule has 31 heavy (non-hydrogen) atoms. The van der Waals surface area contributed by atoms with Gasteiger partial charge in [0.2, 0.25) is 0 Å². The maximum absolute atomic E-state index is 12.2. The van der Waals surface area contributed by atoms with Crippen molar-refractivity contribution < 1.29 is 14.3 Å². The topological polar surface area (TPSA) is 75.2 Å². The van der Waals surface area contributed by atoms with Crippen molar-refractivity contribution in [2.24, 2.45) is 16.3 Å². The zero-order chi connectivity index (χ0) is 22.0. The Hall–Kier alpha value is -0.770. The van der Waals surface area contributed by atoms with Gasteiger partial charge in [-0.25, -0.2) is 4.79 Å². The Bertz CT molecular complexity index is 552. The quantitative estimate of drug-likeness (QED) is 0.265. The first-order valence-corrected chi connectivity index (χ1v) is 11.8. The van der Waals surface area contributed by atoms with Crippen molar-refractivity contribution in [1.29, 1.82) is 0 Å². The van der Waals surface area contributed by atoms with Gasteiger partial charge in [0.25, 0.3) is 0 Å². The summed E-state index contributed by atoms with van der Waals surface area (Å²) in [6.07, 6.45) is 7.99. The van der Waals surface area contributed by atoms with Gasteiger partial charge >= 0.3 is 6.09 Å². The van der Waals surface area contributed by atoms with Gasteiger partial charge in [-0.2, -0.15) is 0 Å². The number of amides is 1. The summed E-state index contributed by atoms with van der Waals surface area (Å²) < 4.78 is 10.8. The lowest BCUT2D eigenvalue weighted by Crippen LogP contribution is -2.45. The van der Waals surface area contributed by atoms with Crippen LogP contribution in [0.5, 0.6) is 0 Å². The van der Waals surface area contributed by atoms with Crippen molar-refractivity contribution in [2.45, 2.75) is 78.2 Å². The number of carbonyl (C=O) groups excluding carboxylic acids is 1. The van der Waals surface area contributed by atoms with E-state index in [0.717, 1.165) is 64.6 Å². The Morgan fingerprint density at radius 3 is 2.35 bits per heavy atom. The molecule has 2 N–H and O–H groups in total. The third-order valence-electron chi connectivity index (χ3n) is 6.24. The molecular weight excluding hydrogens is 507 g/mol. The minimum atomic E-state index is -0.438. The van der Waals surface area contributed by atoms with Crippen LogP contribution in [0.15, 0.2) is 4.99 Å². The molecule has 2 rings (SSSR count). The molecule has 1 aliphatic carbocycles. The number of hydrogen-bond donors (Lipinski definition) is 2. The first kappa shape index (κ1) is 28.3. The third kappa shape index (κ3) is 10.1. The fourth-order valence-corrected chi connectivity index (χ4v) is 4.41. The van der Waals surface area contributed by atoms with Gasteiger partial charge < -0.3 is 25.0 Å². The van der Waals surface area contributed by atoms with E-state index in [4.69, 9.17) is 14.5 Å². The molecule has 1 saturated carbocycles. The van der Waals surface area contributed by atoms with Crippen LogP contribution < -0.4 is 10.6 Å². The number of nitrogens with zero attached hydrogens (tertiary/aromatic N) is 2. The molecule has 0 spiro atoms. The summed E-state index contributed by atoms with van der Waals surface area (Å²) in [5.74, 6) is 1.46. The molecule has 1 aliphatic heterocycles. The second kappa shape index (κ2) is 13.7. The molecule has 0 aromatic heterocycles. The molecule has 2 aliphatic rings. The van der Waals surface area contributed by atoms with Gasteiger partial charge in [-0.1, -0.05) is 12.8 Å². The second-order valence-electron chi connectivity index (χ2n) is 9.94. The number of aliphatic imine (C=N–C) groups is 1. The molecule has 1 heterocycles. The van der Waals surface area contributed by atoms with E-state index in [1.54, 1.807) is 7.11 Å². The minimum absolute atomic E-state index is 0. The molecule has 1 amide bonds. The molecule has 0 atom stereocenters. The van der Waals surface area contributed by atoms with Crippen LogP contribution in [0.25, 0.3) is 0 Å². The fourth-order valence-electron chi connectivity index (χ4n) is 4.41. The molecule has 8 heteroatoms. The summed E-state index contributed by atoms with van der Waals surface area (Å²) >= 11 is 0. The number of piperidine rings is 1. The second-order valence-corrected chi connectivity index (χ2v) is 9.94. The molecule has 0 radical (unpaired) electrons. The molecule has 7 nitrogen and oxygen atoms in total. The van der Waals surface area contributed by atoms with Crippen molar-refractivity contribution in [2.75, 3.05) is 46.4 Å². The van der Waals surface area contributed by atoms with Gasteiger partial charge in [-0.05, 0) is 71.1 Å². The lowest BCUT2D eigenvalue weighted by molar-refractivity contribution is 0.0185. The van der Waals surface area contributed by atoms with E-state index in [0.29, 0.717) is 11.3 Å². The van der Waals surface area contributed by atoms with Crippen molar-refractivity contribution in [3.63, 3.8) is 0 Å². The SMILES string of the molecule is CCNC(=NCC1(CCOC)CCCC1)NCC1CCN(C(=O)OC(C)(C)C)CC1.I. The van der Waals surface area contributed by atoms with Crippen LogP contribution in [0.1, 0.15) is 72.6 Å². The number of hydrogen-bond acceptors (Lipinski definition) is 4. The van der Waals surface area contributed by atoms with Gasteiger partial charge in [0.05, 0.1) is 0 Å². The molecule has 0 aromatic carbocycles. The van der Waals surface area contributed by atoms with Crippen molar-refractivity contribution in [3.05, 3.63) is 0 Å². The highest BCUT2D eigenvalue weighted by Crippen LogP contribution is 2.41. The standard InChI is InChI=1S/C23H44N4O3.HI/c1-6-24-20(26-18-23(13-16-29-5)11-7-8-12-23)25-17-19-9-14-27(15-10-19)21(28)30-22(2,3)4;/h19H,6-18H2,1-5H3,(H2,24,25,26);1H. The Kier molecular flexibility index (Phi) is 12.5. The van der Waals surface area contributed by atoms with E-state index >= 15 is 0 Å². The molecule has 0 unspecified atom stereocenters. The van der Waals surface area contributed by atoms with Crippen LogP contribution in [0.2, 0.25) is 0 Å². The van der Waals surface area contributed by atoms with Gasteiger partial charge in [0, 0.05) is 46.4 Å². The normalized spacial score (nSPS) is 19.6. The highest BCUT2D eigenvalue weighted by molar-refractivity contribution is 14.0. The molecule has 182 valence electrons. The maximum atomic E-state index is 12.2. The monoisotopic (exact) mass is 552 g/mol. The minimum Gasteiger partial charge on any atom is -0.444 e. The average molecular weight is 553 g/mol. The predicted octanol–water partition coefficient (Wildman–Crippen LogP) is 4.40. The largest absolute Gasteiger partial charge is 0.444 e. The van der Waals surface area contributed by atoms with Crippen LogP contribution in [0.4, 0.5) is 4.79 Å². The first-order chi connectivity index (χ1) is 14.3. The van der Waals surface area contributed by atoms with E-state index in [2.05, 4.69) is 17.6 Å². The van der Waals surface area contributed by atoms with Crippen LogP contribution >= 0.6 is 24.0 Å². The lowest BCUT2D eigenvalue weighted by atomic mass is 9.83. The van der Waals surface area contributed by atoms with Crippen molar-refractivity contribution in [3.8, 4) is 0 Å². The van der Waals surface area contributed by atoms with E-state index in [9.17, 15) is 4.79 Å². The van der Waals surface area contributed by atoms with E-state index in [1.807, 2.05) is 25.7 Å². The smallest absolute Gasteiger partial charge is 0.410 e. The fraction of sp³-hybridized carbons (Fsp3) is 0.913. The first-order valence-electron chi connectivity index (χ1n) is 11.8. The summed E-state index contributed by atoms with van der Waals surface area (Å²) in [6.45, 7) is 12.8. The summed E-state index contributed by atoms with van der Waals surface area (Å²) in [4.78, 5) is 19.0. The molecular formula is C23H45IN4O3. The number of halogens is 1. The van der Waals surface area contributed by atoms with Crippen molar-refractivity contribution in [1.82, 2.24) is 15.5 Å². The summed E-state index contributed by atoms with van der Waals surface area (Å²) in [7, 11) is 1.78. The molecule has 0 bridgehead atoms. The Morgan fingerprint density at radius 1 is 1.16 bits per heavy atom. The Labute approximate surface area is 206 Å². The summed E-state index contributed by atoms with van der Waals surface area (Å²) in [5.41, 5.74) is -0.135. The molecule has 2 fully saturated rings. The number of carbonyl (C=O) groups is 1. The predicted molar refractivity (Wildman–Crippen MR) is 137 cm³/mol. The van der Waals surface area contributed by atoms with Gasteiger partial charge in [-0.15, -0.1) is 24.0 Å². The van der Waals surface area contributed by atoms with Gasteiger partial charge in [0.1, 0.15) is 5.60 Å². The van der Waals surface area contributed by atoms with E-state index in [-0.39, 0.29) is 30.1 Å². The summed E-state index contributed by atoms with van der Waals surface area (Å²) in [5, 5.41) is 6.94. The highest BCUT2D eigenvalue weighted by Gasteiger charge is 2.33. The highest BCUT2D eigenvalue weighted by atomic mass is 127. The number of methoxy groups -OCH3 is 1. The van der Waals surface area contributed by atoms with E-state index < -0.39 is 5.60 Å². The van der Waals surface area contributed by atoms with Crippen LogP contribution in [0.3, 0.4) is 0 Å². The summed E-state index contributed by atoms with van der Waals surface area (Å²) in [6, 6.07) is 0. The van der Waals surface area contributed by atoms with Crippen LogP contribution in [0, 0.1) is 11.3 Å². The lowest BCUT2D eigenvalue weighted by Gasteiger charge is -2.33. The average Bonchev–Trinajstić information content (AvgIpc) is 3.17.